The highest BCUT2D eigenvalue weighted by atomic mass is 16.6. The van der Waals surface area contributed by atoms with Gasteiger partial charge in [-0.25, -0.2) is 5.43 Å². The summed E-state index contributed by atoms with van der Waals surface area (Å²) in [5.41, 5.74) is 4.67. The van der Waals surface area contributed by atoms with Gasteiger partial charge in [0.2, 0.25) is 6.10 Å². The molecule has 1 amide bonds. The van der Waals surface area contributed by atoms with Crippen molar-refractivity contribution in [3.05, 3.63) is 59.7 Å². The van der Waals surface area contributed by atoms with E-state index in [1.165, 1.54) is 5.56 Å². The van der Waals surface area contributed by atoms with E-state index in [1.54, 1.807) is 12.3 Å². The van der Waals surface area contributed by atoms with E-state index in [9.17, 15) is 4.79 Å². The van der Waals surface area contributed by atoms with Gasteiger partial charge in [0, 0.05) is 0 Å². The quantitative estimate of drug-likeness (QED) is 0.697. The van der Waals surface area contributed by atoms with Crippen LogP contribution < -0.4 is 14.9 Å². The van der Waals surface area contributed by atoms with Crippen LogP contribution in [0.5, 0.6) is 11.5 Å². The third kappa shape index (κ3) is 3.69. The summed E-state index contributed by atoms with van der Waals surface area (Å²) in [6.45, 7) is 2.28. The fourth-order valence-electron chi connectivity index (χ4n) is 2.23. The van der Waals surface area contributed by atoms with Crippen molar-refractivity contribution < 1.29 is 14.3 Å². The molecule has 5 nitrogen and oxygen atoms in total. The van der Waals surface area contributed by atoms with Crippen LogP contribution >= 0.6 is 0 Å². The molecule has 0 spiro atoms. The normalized spacial score (nSPS) is 16.3. The number of para-hydroxylation sites is 2. The van der Waals surface area contributed by atoms with Crippen LogP contribution in [0.2, 0.25) is 0 Å². The zero-order valence-corrected chi connectivity index (χ0v) is 12.9. The molecule has 2 aromatic rings. The number of hydrogen-bond acceptors (Lipinski definition) is 4. The van der Waals surface area contributed by atoms with Crippen LogP contribution in [0.4, 0.5) is 0 Å². The SMILES string of the molecule is CCc1ccc(C=NNC(=O)[C@H]2COc3ccccc3O2)cc1. The number of aryl methyl sites for hydroxylation is 1. The van der Waals surface area contributed by atoms with Crippen molar-refractivity contribution in [1.29, 1.82) is 0 Å². The van der Waals surface area contributed by atoms with Gasteiger partial charge >= 0.3 is 0 Å². The molecule has 3 rings (SSSR count). The van der Waals surface area contributed by atoms with Crippen LogP contribution in [0.3, 0.4) is 0 Å². The predicted octanol–water partition coefficient (Wildman–Crippen LogP) is 2.54. The first-order valence-corrected chi connectivity index (χ1v) is 7.56. The number of fused-ring (bicyclic) bond motifs is 1. The van der Waals surface area contributed by atoms with Crippen molar-refractivity contribution in [1.82, 2.24) is 5.43 Å². The Kier molecular flexibility index (Phi) is 4.57. The zero-order valence-electron chi connectivity index (χ0n) is 12.9. The molecule has 0 unspecified atom stereocenters. The third-order valence-corrected chi connectivity index (χ3v) is 3.58. The summed E-state index contributed by atoms with van der Waals surface area (Å²) in [5, 5.41) is 3.97. The van der Waals surface area contributed by atoms with Crippen LogP contribution in [0.25, 0.3) is 0 Å². The molecular weight excluding hydrogens is 292 g/mol. The zero-order chi connectivity index (χ0) is 16.1. The van der Waals surface area contributed by atoms with Crippen LogP contribution in [0.15, 0.2) is 53.6 Å². The fraction of sp³-hybridized carbons (Fsp3) is 0.222. The summed E-state index contributed by atoms with van der Waals surface area (Å²) in [7, 11) is 0. The number of nitrogens with zero attached hydrogens (tertiary/aromatic N) is 1. The highest BCUT2D eigenvalue weighted by Gasteiger charge is 2.26. The Morgan fingerprint density at radius 2 is 1.96 bits per heavy atom. The van der Waals surface area contributed by atoms with Gasteiger partial charge in [-0.05, 0) is 29.7 Å². The molecule has 118 valence electrons. The van der Waals surface area contributed by atoms with Crippen molar-refractivity contribution >= 4 is 12.1 Å². The second-order valence-corrected chi connectivity index (χ2v) is 5.19. The maximum atomic E-state index is 12.1. The number of hydrazone groups is 1. The van der Waals surface area contributed by atoms with Crippen LogP contribution in [-0.2, 0) is 11.2 Å². The Bertz CT molecular complexity index is 710. The van der Waals surface area contributed by atoms with E-state index in [0.29, 0.717) is 11.5 Å². The first-order valence-electron chi connectivity index (χ1n) is 7.56. The Labute approximate surface area is 134 Å². The Hall–Kier alpha value is -2.82. The molecule has 5 heteroatoms. The average Bonchev–Trinajstić information content (AvgIpc) is 2.61. The third-order valence-electron chi connectivity index (χ3n) is 3.58. The monoisotopic (exact) mass is 310 g/mol. The lowest BCUT2D eigenvalue weighted by Crippen LogP contribution is -2.42. The molecule has 1 atom stereocenters. The molecule has 1 aliphatic rings. The Morgan fingerprint density at radius 1 is 1.22 bits per heavy atom. The van der Waals surface area contributed by atoms with Gasteiger partial charge in [-0.3, -0.25) is 4.79 Å². The number of hydrogen-bond donors (Lipinski definition) is 1. The number of carbonyl (C=O) groups excluding carboxylic acids is 1. The number of ether oxygens (including phenoxy) is 2. The number of carbonyl (C=O) groups is 1. The van der Waals surface area contributed by atoms with Crippen molar-refractivity contribution in [3.63, 3.8) is 0 Å². The standard InChI is InChI=1S/C18H18N2O3/c1-2-13-7-9-14(10-8-13)11-19-20-18(21)17-12-22-15-5-3-4-6-16(15)23-17/h3-11,17H,2,12H2,1H3,(H,20,21)/t17-/m1/s1. The number of amides is 1. The summed E-state index contributed by atoms with van der Waals surface area (Å²) >= 11 is 0. The van der Waals surface area contributed by atoms with Gasteiger partial charge in [0.05, 0.1) is 6.21 Å². The molecule has 0 fully saturated rings. The van der Waals surface area contributed by atoms with Crippen molar-refractivity contribution in [2.45, 2.75) is 19.4 Å². The maximum absolute atomic E-state index is 12.1. The Morgan fingerprint density at radius 3 is 2.70 bits per heavy atom. The molecule has 1 heterocycles. The van der Waals surface area contributed by atoms with Crippen LogP contribution in [0.1, 0.15) is 18.1 Å². The minimum Gasteiger partial charge on any atom is -0.485 e. The van der Waals surface area contributed by atoms with E-state index in [0.717, 1.165) is 12.0 Å². The molecule has 0 bridgehead atoms. The van der Waals surface area contributed by atoms with Crippen molar-refractivity contribution in [2.24, 2.45) is 5.10 Å². The van der Waals surface area contributed by atoms with Gasteiger partial charge in [0.1, 0.15) is 6.61 Å². The molecule has 0 aromatic heterocycles. The van der Waals surface area contributed by atoms with E-state index in [-0.39, 0.29) is 12.5 Å². The molecule has 0 saturated carbocycles. The van der Waals surface area contributed by atoms with Crippen LogP contribution in [-0.4, -0.2) is 24.8 Å². The maximum Gasteiger partial charge on any atom is 0.284 e. The van der Waals surface area contributed by atoms with E-state index in [4.69, 9.17) is 9.47 Å². The molecule has 1 aliphatic heterocycles. The first-order chi connectivity index (χ1) is 11.3. The summed E-state index contributed by atoms with van der Waals surface area (Å²) in [6, 6.07) is 15.3. The fourth-order valence-corrected chi connectivity index (χ4v) is 2.23. The van der Waals surface area contributed by atoms with E-state index in [1.807, 2.05) is 42.5 Å². The predicted molar refractivity (Wildman–Crippen MR) is 87.9 cm³/mol. The van der Waals surface area contributed by atoms with Gasteiger partial charge in [-0.2, -0.15) is 5.10 Å². The molecular formula is C18H18N2O3. The van der Waals surface area contributed by atoms with Crippen molar-refractivity contribution in [3.8, 4) is 11.5 Å². The van der Waals surface area contributed by atoms with Crippen LogP contribution in [0, 0.1) is 0 Å². The molecule has 1 N–H and O–H groups in total. The lowest BCUT2D eigenvalue weighted by atomic mass is 10.1. The van der Waals surface area contributed by atoms with E-state index < -0.39 is 6.10 Å². The minimum absolute atomic E-state index is 0.170. The summed E-state index contributed by atoms with van der Waals surface area (Å²) in [5.74, 6) is 0.884. The number of rotatable bonds is 4. The second kappa shape index (κ2) is 6.96. The lowest BCUT2D eigenvalue weighted by Gasteiger charge is -2.24. The summed E-state index contributed by atoms with van der Waals surface area (Å²) < 4.78 is 11.1. The van der Waals surface area contributed by atoms with E-state index in [2.05, 4.69) is 17.5 Å². The second-order valence-electron chi connectivity index (χ2n) is 5.19. The van der Waals surface area contributed by atoms with E-state index >= 15 is 0 Å². The lowest BCUT2D eigenvalue weighted by molar-refractivity contribution is -0.130. The smallest absolute Gasteiger partial charge is 0.284 e. The largest absolute Gasteiger partial charge is 0.485 e. The summed E-state index contributed by atoms with van der Waals surface area (Å²) in [4.78, 5) is 12.1. The van der Waals surface area contributed by atoms with Crippen molar-refractivity contribution in [2.75, 3.05) is 6.61 Å². The minimum atomic E-state index is -0.704. The van der Waals surface area contributed by atoms with Gasteiger partial charge in [0.15, 0.2) is 11.5 Å². The van der Waals surface area contributed by atoms with Gasteiger partial charge in [0.25, 0.3) is 5.91 Å². The molecule has 0 radical (unpaired) electrons. The molecule has 2 aromatic carbocycles. The highest BCUT2D eigenvalue weighted by Crippen LogP contribution is 2.30. The Balaban J connectivity index is 1.56. The topological polar surface area (TPSA) is 59.9 Å². The summed E-state index contributed by atoms with van der Waals surface area (Å²) in [6.07, 6.45) is 1.90. The number of nitrogens with one attached hydrogen (secondary N) is 1. The average molecular weight is 310 g/mol. The highest BCUT2D eigenvalue weighted by molar-refractivity contribution is 5.84. The molecule has 0 saturated heterocycles. The first kappa shape index (κ1) is 15.1. The molecule has 0 aliphatic carbocycles. The van der Waals surface area contributed by atoms with Gasteiger partial charge in [-0.1, -0.05) is 43.3 Å². The van der Waals surface area contributed by atoms with Gasteiger partial charge < -0.3 is 9.47 Å². The molecule has 23 heavy (non-hydrogen) atoms. The number of benzene rings is 2. The van der Waals surface area contributed by atoms with Gasteiger partial charge in [-0.15, -0.1) is 0 Å².